The van der Waals surface area contributed by atoms with Crippen molar-refractivity contribution in [3.05, 3.63) is 40.5 Å². The van der Waals surface area contributed by atoms with E-state index in [9.17, 15) is 8.42 Å². The number of aromatic nitrogens is 1. The Kier molecular flexibility index (Phi) is 3.56. The topological polar surface area (TPSA) is 47.0 Å². The van der Waals surface area contributed by atoms with Gasteiger partial charge in [0.2, 0.25) is 0 Å². The summed E-state index contributed by atoms with van der Waals surface area (Å²) in [5.41, 5.74) is 1.91. The molecule has 5 heteroatoms. The van der Waals surface area contributed by atoms with Crippen LogP contribution >= 0.6 is 15.9 Å². The van der Waals surface area contributed by atoms with Crippen molar-refractivity contribution in [2.24, 2.45) is 0 Å². The van der Waals surface area contributed by atoms with Crippen molar-refractivity contribution in [1.82, 2.24) is 4.98 Å². The van der Waals surface area contributed by atoms with Gasteiger partial charge in [0.1, 0.15) is 10.7 Å². The normalized spacial score (nSPS) is 11.1. The van der Waals surface area contributed by atoms with E-state index in [-0.39, 0.29) is 5.75 Å². The van der Waals surface area contributed by atoms with Crippen molar-refractivity contribution >= 4 is 37.5 Å². The van der Waals surface area contributed by atoms with E-state index in [1.807, 2.05) is 24.3 Å². The van der Waals surface area contributed by atoms with Crippen LogP contribution in [0.1, 0.15) is 5.56 Å². The van der Waals surface area contributed by atoms with E-state index < -0.39 is 10.7 Å². The number of benzene rings is 1. The molecule has 0 saturated carbocycles. The van der Waals surface area contributed by atoms with E-state index in [4.69, 9.17) is 0 Å². The molecule has 0 radical (unpaired) electrons. The van der Waals surface area contributed by atoms with Crippen molar-refractivity contribution in [3.63, 3.8) is 0 Å². The maximum Gasteiger partial charge on any atom is 0.140 e. The smallest absolute Gasteiger partial charge is 0.140 e. The average Bonchev–Trinajstić information content (AvgIpc) is 2.26. The molecule has 0 N–H and O–H groups in total. The van der Waals surface area contributed by atoms with Gasteiger partial charge in [0.25, 0.3) is 0 Å². The first-order valence-electron chi connectivity index (χ1n) is 4.82. The molecule has 0 amide bonds. The van der Waals surface area contributed by atoms with Gasteiger partial charge in [0, 0.05) is 16.1 Å². The SMILES string of the molecule is O=[SH](=O)CCc1cc(Br)c2ncccc2c1. The summed E-state index contributed by atoms with van der Waals surface area (Å²) in [4.78, 5) is 4.25. The predicted molar refractivity (Wildman–Crippen MR) is 68.3 cm³/mol. The minimum absolute atomic E-state index is 0.188. The van der Waals surface area contributed by atoms with Gasteiger partial charge in [0.05, 0.1) is 11.3 Å². The Morgan fingerprint density at radius 3 is 2.88 bits per heavy atom. The Morgan fingerprint density at radius 1 is 1.31 bits per heavy atom. The van der Waals surface area contributed by atoms with Crippen LogP contribution in [-0.2, 0) is 17.1 Å². The van der Waals surface area contributed by atoms with E-state index in [0.717, 1.165) is 20.9 Å². The van der Waals surface area contributed by atoms with Gasteiger partial charge >= 0.3 is 0 Å². The lowest BCUT2D eigenvalue weighted by Gasteiger charge is -2.03. The molecule has 0 atom stereocenters. The van der Waals surface area contributed by atoms with Crippen LogP contribution in [0, 0.1) is 0 Å². The summed E-state index contributed by atoms with van der Waals surface area (Å²) in [7, 11) is -2.31. The van der Waals surface area contributed by atoms with Gasteiger partial charge in [-0.05, 0) is 46.1 Å². The molecule has 2 aromatic rings. The van der Waals surface area contributed by atoms with E-state index in [2.05, 4.69) is 20.9 Å². The highest BCUT2D eigenvalue weighted by Crippen LogP contribution is 2.23. The molecular weight excluding hydrogens is 290 g/mol. The highest BCUT2D eigenvalue weighted by Gasteiger charge is 2.03. The fourth-order valence-corrected chi connectivity index (χ4v) is 2.64. The zero-order valence-corrected chi connectivity index (χ0v) is 10.9. The van der Waals surface area contributed by atoms with Crippen LogP contribution in [-0.4, -0.2) is 19.2 Å². The number of aryl methyl sites for hydroxylation is 1. The number of fused-ring (bicyclic) bond motifs is 1. The number of hydrogen-bond acceptors (Lipinski definition) is 3. The summed E-state index contributed by atoms with van der Waals surface area (Å²) in [5.74, 6) is 0.188. The molecule has 0 aliphatic carbocycles. The molecule has 0 unspecified atom stereocenters. The standard InChI is InChI=1S/C11H10BrNO2S/c12-10-7-8(3-5-16(14)15)6-9-2-1-4-13-11(9)10/h1-2,4,6-7,16H,3,5H2. The third-order valence-corrected chi connectivity index (χ3v) is 3.49. The lowest BCUT2D eigenvalue weighted by Crippen LogP contribution is -1.94. The van der Waals surface area contributed by atoms with Crippen LogP contribution < -0.4 is 0 Å². The summed E-state index contributed by atoms with van der Waals surface area (Å²) in [6.45, 7) is 0. The molecule has 1 aromatic heterocycles. The monoisotopic (exact) mass is 299 g/mol. The largest absolute Gasteiger partial charge is 0.255 e. The summed E-state index contributed by atoms with van der Waals surface area (Å²) in [6, 6.07) is 7.74. The first kappa shape index (κ1) is 11.5. The highest BCUT2D eigenvalue weighted by atomic mass is 79.9. The predicted octanol–water partition coefficient (Wildman–Crippen LogP) is 2.15. The van der Waals surface area contributed by atoms with Crippen LogP contribution in [0.2, 0.25) is 0 Å². The zero-order chi connectivity index (χ0) is 11.5. The highest BCUT2D eigenvalue weighted by molar-refractivity contribution is 9.10. The molecule has 84 valence electrons. The zero-order valence-electron chi connectivity index (χ0n) is 8.39. The Labute approximate surface area is 104 Å². The van der Waals surface area contributed by atoms with E-state index in [0.29, 0.717) is 6.42 Å². The average molecular weight is 300 g/mol. The molecular formula is C11H10BrNO2S. The maximum atomic E-state index is 10.5. The molecule has 2 rings (SSSR count). The fraction of sp³-hybridized carbons (Fsp3) is 0.182. The van der Waals surface area contributed by atoms with Crippen LogP contribution in [0.3, 0.4) is 0 Å². The van der Waals surface area contributed by atoms with E-state index in [1.54, 1.807) is 6.20 Å². The quantitative estimate of drug-likeness (QED) is 0.884. The minimum atomic E-state index is -2.31. The lowest BCUT2D eigenvalue weighted by atomic mass is 10.1. The second-order valence-electron chi connectivity index (χ2n) is 3.46. The summed E-state index contributed by atoms with van der Waals surface area (Å²) < 4.78 is 22.0. The minimum Gasteiger partial charge on any atom is -0.255 e. The number of hydrogen-bond donors (Lipinski definition) is 1. The van der Waals surface area contributed by atoms with E-state index >= 15 is 0 Å². The number of halogens is 1. The van der Waals surface area contributed by atoms with Crippen molar-refractivity contribution in [2.75, 3.05) is 5.75 Å². The molecule has 1 heterocycles. The first-order valence-corrected chi connectivity index (χ1v) is 6.97. The molecule has 0 bridgehead atoms. The van der Waals surface area contributed by atoms with Gasteiger partial charge in [0.15, 0.2) is 0 Å². The molecule has 1 aromatic carbocycles. The molecule has 0 aliphatic heterocycles. The van der Waals surface area contributed by atoms with Crippen LogP contribution in [0.25, 0.3) is 10.9 Å². The van der Waals surface area contributed by atoms with Crippen molar-refractivity contribution in [2.45, 2.75) is 6.42 Å². The first-order chi connectivity index (χ1) is 7.66. The van der Waals surface area contributed by atoms with Gasteiger partial charge < -0.3 is 0 Å². The van der Waals surface area contributed by atoms with Crippen LogP contribution in [0.4, 0.5) is 0 Å². The number of pyridine rings is 1. The Hall–Kier alpha value is -0.940. The maximum absolute atomic E-state index is 10.5. The van der Waals surface area contributed by atoms with Crippen LogP contribution in [0.5, 0.6) is 0 Å². The van der Waals surface area contributed by atoms with E-state index in [1.165, 1.54) is 0 Å². The second-order valence-corrected chi connectivity index (χ2v) is 5.43. The number of rotatable bonds is 3. The molecule has 0 aliphatic rings. The molecule has 16 heavy (non-hydrogen) atoms. The van der Waals surface area contributed by atoms with Crippen molar-refractivity contribution < 1.29 is 8.42 Å². The molecule has 3 nitrogen and oxygen atoms in total. The van der Waals surface area contributed by atoms with Crippen LogP contribution in [0.15, 0.2) is 34.9 Å². The van der Waals surface area contributed by atoms with Crippen molar-refractivity contribution in [3.8, 4) is 0 Å². The van der Waals surface area contributed by atoms with Gasteiger partial charge in [-0.2, -0.15) is 0 Å². The Balaban J connectivity index is 2.41. The third-order valence-electron chi connectivity index (χ3n) is 2.30. The molecule has 0 spiro atoms. The Bertz CT molecular complexity index is 588. The fourth-order valence-electron chi connectivity index (χ4n) is 1.57. The number of nitrogens with zero attached hydrogens (tertiary/aromatic N) is 1. The van der Waals surface area contributed by atoms with Gasteiger partial charge in [-0.3, -0.25) is 4.98 Å². The van der Waals surface area contributed by atoms with Gasteiger partial charge in [-0.25, -0.2) is 8.42 Å². The van der Waals surface area contributed by atoms with Crippen molar-refractivity contribution in [1.29, 1.82) is 0 Å². The third kappa shape index (κ3) is 2.59. The van der Waals surface area contributed by atoms with Gasteiger partial charge in [-0.15, -0.1) is 0 Å². The lowest BCUT2D eigenvalue weighted by molar-refractivity contribution is 0.614. The summed E-state index contributed by atoms with van der Waals surface area (Å²) in [6.07, 6.45) is 2.28. The Morgan fingerprint density at radius 2 is 2.12 bits per heavy atom. The number of thiol groups is 1. The van der Waals surface area contributed by atoms with Gasteiger partial charge in [-0.1, -0.05) is 6.07 Å². The summed E-state index contributed by atoms with van der Waals surface area (Å²) >= 11 is 3.44. The molecule has 0 saturated heterocycles. The molecule has 0 fully saturated rings. The second kappa shape index (κ2) is 4.93. The summed E-state index contributed by atoms with van der Waals surface area (Å²) in [5, 5.41) is 1.02.